The van der Waals surface area contributed by atoms with Gasteiger partial charge >= 0.3 is 0 Å². The molecule has 0 aromatic rings. The molecule has 2 heteroatoms. The van der Waals surface area contributed by atoms with Gasteiger partial charge in [0.25, 0.3) is 0 Å². The van der Waals surface area contributed by atoms with E-state index in [1.165, 1.54) is 32.1 Å². The molecule has 1 fully saturated rings. The van der Waals surface area contributed by atoms with E-state index in [1.807, 2.05) is 0 Å². The van der Waals surface area contributed by atoms with Crippen molar-refractivity contribution in [1.29, 1.82) is 0 Å². The van der Waals surface area contributed by atoms with Gasteiger partial charge in [-0.25, -0.2) is 0 Å². The Morgan fingerprint density at radius 3 is 2.00 bits per heavy atom. The third kappa shape index (κ3) is 1.51. The number of nitrogens with two attached hydrogens (primary N) is 1. The Hall–Kier alpha value is 0.310. The van der Waals surface area contributed by atoms with Crippen molar-refractivity contribution in [1.82, 2.24) is 0 Å². The molecule has 12 heavy (non-hydrogen) atoms. The van der Waals surface area contributed by atoms with E-state index in [9.17, 15) is 0 Å². The molecule has 0 spiro atoms. The summed E-state index contributed by atoms with van der Waals surface area (Å²) in [5.41, 5.74) is 6.54. The lowest BCUT2D eigenvalue weighted by molar-refractivity contribution is 0.117. The van der Waals surface area contributed by atoms with Gasteiger partial charge in [0, 0.05) is 0 Å². The largest absolute Gasteiger partial charge is 0.317 e. The first-order chi connectivity index (χ1) is 5.58. The molecule has 1 atom stereocenters. The number of hydrogen-bond donors (Lipinski definition) is 2. The Bertz CT molecular complexity index is 150. The molecule has 0 saturated heterocycles. The van der Waals surface area contributed by atoms with Gasteiger partial charge in [-0.1, -0.05) is 26.7 Å². The third-order valence-electron chi connectivity index (χ3n) is 3.74. The molecule has 1 unspecified atom stereocenters. The number of rotatable bonds is 2. The van der Waals surface area contributed by atoms with Crippen molar-refractivity contribution < 1.29 is 0 Å². The Balaban J connectivity index is 2.81. The fraction of sp³-hybridized carbons (Fsp3) is 1.00. The van der Waals surface area contributed by atoms with E-state index in [2.05, 4.69) is 26.5 Å². The molecule has 1 aliphatic carbocycles. The molecule has 0 aliphatic heterocycles. The van der Waals surface area contributed by atoms with Crippen LogP contribution in [0.1, 0.15) is 52.4 Å². The minimum atomic E-state index is -0.214. The molecule has 1 saturated carbocycles. The first-order valence-corrected chi connectivity index (χ1v) is 5.54. The number of hydrogen-bond acceptors (Lipinski definition) is 2. The average Bonchev–Trinajstić information content (AvgIpc) is 2.05. The molecule has 0 aromatic carbocycles. The highest BCUT2D eigenvalue weighted by Gasteiger charge is 2.45. The predicted octanol–water partition coefficient (Wildman–Crippen LogP) is 2.95. The Morgan fingerprint density at radius 2 is 1.67 bits per heavy atom. The monoisotopic (exact) mass is 187 g/mol. The minimum Gasteiger partial charge on any atom is -0.317 e. The van der Waals surface area contributed by atoms with E-state index in [0.29, 0.717) is 5.41 Å². The van der Waals surface area contributed by atoms with Gasteiger partial charge < -0.3 is 5.73 Å². The standard InChI is InChI=1S/C10H21NS/c1-3-9(4-2)7-5-6-8-10(9,11)12/h12H,3-8,11H2,1-2H3. The SMILES string of the molecule is CCC1(CC)CCCCC1(N)S. The van der Waals surface area contributed by atoms with Gasteiger partial charge in [-0.15, -0.1) is 0 Å². The molecule has 1 nitrogen and oxygen atoms in total. The molecule has 0 heterocycles. The number of thiol groups is 1. The van der Waals surface area contributed by atoms with Crippen molar-refractivity contribution in [2.75, 3.05) is 0 Å². The molecule has 1 rings (SSSR count). The van der Waals surface area contributed by atoms with Gasteiger partial charge in [-0.2, -0.15) is 12.6 Å². The zero-order valence-corrected chi connectivity index (χ0v) is 9.16. The summed E-state index contributed by atoms with van der Waals surface area (Å²) in [5, 5.41) is 0. The molecule has 1 aliphatic rings. The Kier molecular flexibility index (Phi) is 3.11. The van der Waals surface area contributed by atoms with E-state index in [4.69, 9.17) is 5.73 Å². The predicted molar refractivity (Wildman–Crippen MR) is 57.4 cm³/mol. The van der Waals surface area contributed by atoms with E-state index in [1.54, 1.807) is 0 Å². The second-order valence-corrected chi connectivity index (χ2v) is 4.92. The molecule has 2 N–H and O–H groups in total. The lowest BCUT2D eigenvalue weighted by Crippen LogP contribution is -2.52. The van der Waals surface area contributed by atoms with Crippen LogP contribution >= 0.6 is 12.6 Å². The zero-order chi connectivity index (χ0) is 9.24. The summed E-state index contributed by atoms with van der Waals surface area (Å²) in [5.74, 6) is 0. The minimum absolute atomic E-state index is 0.214. The smallest absolute Gasteiger partial charge is 0.0647 e. The van der Waals surface area contributed by atoms with Crippen molar-refractivity contribution >= 4 is 12.6 Å². The van der Waals surface area contributed by atoms with Crippen LogP contribution in [0, 0.1) is 5.41 Å². The third-order valence-corrected chi connectivity index (χ3v) is 4.43. The van der Waals surface area contributed by atoms with E-state index in [0.717, 1.165) is 6.42 Å². The van der Waals surface area contributed by atoms with Crippen molar-refractivity contribution in [3.05, 3.63) is 0 Å². The van der Waals surface area contributed by atoms with Crippen LogP contribution in [0.3, 0.4) is 0 Å². The Labute approximate surface area is 81.5 Å². The highest BCUT2D eigenvalue weighted by molar-refractivity contribution is 7.81. The fourth-order valence-electron chi connectivity index (χ4n) is 2.56. The van der Waals surface area contributed by atoms with Crippen molar-refractivity contribution in [2.24, 2.45) is 11.1 Å². The van der Waals surface area contributed by atoms with Gasteiger partial charge in [0.15, 0.2) is 0 Å². The van der Waals surface area contributed by atoms with Crippen LogP contribution in [-0.2, 0) is 0 Å². The molecule has 0 aromatic heterocycles. The van der Waals surface area contributed by atoms with Crippen LogP contribution in [0.25, 0.3) is 0 Å². The second-order valence-electron chi connectivity index (χ2n) is 4.12. The van der Waals surface area contributed by atoms with Crippen molar-refractivity contribution in [3.8, 4) is 0 Å². The van der Waals surface area contributed by atoms with Crippen LogP contribution < -0.4 is 5.73 Å². The maximum atomic E-state index is 6.24. The Morgan fingerprint density at radius 1 is 1.17 bits per heavy atom. The highest BCUT2D eigenvalue weighted by atomic mass is 32.1. The lowest BCUT2D eigenvalue weighted by atomic mass is 9.66. The van der Waals surface area contributed by atoms with Crippen molar-refractivity contribution in [2.45, 2.75) is 57.2 Å². The molecular formula is C10H21NS. The first kappa shape index (κ1) is 10.4. The van der Waals surface area contributed by atoms with Crippen LogP contribution in [0.2, 0.25) is 0 Å². The summed E-state index contributed by atoms with van der Waals surface area (Å²) in [7, 11) is 0. The van der Waals surface area contributed by atoms with Crippen LogP contribution in [0.15, 0.2) is 0 Å². The van der Waals surface area contributed by atoms with Crippen LogP contribution in [0.5, 0.6) is 0 Å². The van der Waals surface area contributed by atoms with Crippen molar-refractivity contribution in [3.63, 3.8) is 0 Å². The van der Waals surface area contributed by atoms with E-state index >= 15 is 0 Å². The average molecular weight is 187 g/mol. The quantitative estimate of drug-likeness (QED) is 0.504. The molecule has 0 radical (unpaired) electrons. The maximum Gasteiger partial charge on any atom is 0.0647 e. The van der Waals surface area contributed by atoms with Gasteiger partial charge in [-0.05, 0) is 31.1 Å². The summed E-state index contributed by atoms with van der Waals surface area (Å²) in [6.07, 6.45) is 7.27. The normalized spacial score (nSPS) is 35.0. The van der Waals surface area contributed by atoms with Gasteiger partial charge in [0.2, 0.25) is 0 Å². The second kappa shape index (κ2) is 3.59. The lowest BCUT2D eigenvalue weighted by Gasteiger charge is -2.48. The van der Waals surface area contributed by atoms with Crippen LogP contribution in [0.4, 0.5) is 0 Å². The van der Waals surface area contributed by atoms with Gasteiger partial charge in [0.05, 0.1) is 4.87 Å². The molecule has 0 bridgehead atoms. The summed E-state index contributed by atoms with van der Waals surface area (Å²) >= 11 is 4.64. The first-order valence-electron chi connectivity index (χ1n) is 5.09. The van der Waals surface area contributed by atoms with E-state index in [-0.39, 0.29) is 4.87 Å². The maximum absolute atomic E-state index is 6.24. The summed E-state index contributed by atoms with van der Waals surface area (Å²) in [6.45, 7) is 4.49. The molecular weight excluding hydrogens is 166 g/mol. The van der Waals surface area contributed by atoms with Crippen LogP contribution in [-0.4, -0.2) is 4.87 Å². The molecule has 72 valence electrons. The summed E-state index contributed by atoms with van der Waals surface area (Å²) in [4.78, 5) is -0.214. The summed E-state index contributed by atoms with van der Waals surface area (Å²) in [6, 6.07) is 0. The summed E-state index contributed by atoms with van der Waals surface area (Å²) < 4.78 is 0. The molecule has 0 amide bonds. The van der Waals surface area contributed by atoms with Gasteiger partial charge in [0.1, 0.15) is 0 Å². The zero-order valence-electron chi connectivity index (χ0n) is 8.27. The van der Waals surface area contributed by atoms with Gasteiger partial charge in [-0.3, -0.25) is 0 Å². The highest BCUT2D eigenvalue weighted by Crippen LogP contribution is 2.49. The van der Waals surface area contributed by atoms with E-state index < -0.39 is 0 Å². The topological polar surface area (TPSA) is 26.0 Å². The fourth-order valence-corrected chi connectivity index (χ4v) is 3.14.